The molecule has 0 amide bonds. The van der Waals surface area contributed by atoms with Gasteiger partial charge in [0.2, 0.25) is 0 Å². The van der Waals surface area contributed by atoms with Gasteiger partial charge in [-0.2, -0.15) is 5.10 Å². The predicted molar refractivity (Wildman–Crippen MR) is 83.7 cm³/mol. The van der Waals surface area contributed by atoms with Gasteiger partial charge in [0, 0.05) is 39.6 Å². The molecule has 1 aromatic carbocycles. The van der Waals surface area contributed by atoms with E-state index in [1.807, 2.05) is 30.3 Å². The molecule has 0 radical (unpaired) electrons. The molecule has 0 saturated carbocycles. The second kappa shape index (κ2) is 8.77. The molecular formula is C16H17N4O2W-. The number of ether oxygens (including phenoxy) is 1. The second-order valence-electron chi connectivity index (χ2n) is 4.69. The molecule has 0 saturated heterocycles. The smallest absolute Gasteiger partial charge is 0.0698 e. The molecule has 7 heteroatoms. The zero-order valence-corrected chi connectivity index (χ0v) is 15.4. The van der Waals surface area contributed by atoms with Gasteiger partial charge in [-0.15, -0.1) is 6.07 Å². The topological polar surface area (TPSA) is 71.7 Å². The zero-order valence-electron chi connectivity index (χ0n) is 12.5. The summed E-state index contributed by atoms with van der Waals surface area (Å²) in [5.41, 5.74) is 2.80. The van der Waals surface area contributed by atoms with Crippen LogP contribution in [0.15, 0.2) is 42.6 Å². The molecule has 2 aromatic heterocycles. The molecule has 3 aromatic rings. The van der Waals surface area contributed by atoms with E-state index in [9.17, 15) is 0 Å². The van der Waals surface area contributed by atoms with E-state index in [1.165, 1.54) is 0 Å². The Morgan fingerprint density at radius 2 is 2.04 bits per heavy atom. The fourth-order valence-electron chi connectivity index (χ4n) is 2.21. The molecule has 0 fully saturated rings. The summed E-state index contributed by atoms with van der Waals surface area (Å²) in [6, 6.07) is 11.8. The van der Waals surface area contributed by atoms with Crippen LogP contribution in [0.1, 0.15) is 0 Å². The zero-order chi connectivity index (χ0) is 15.2. The van der Waals surface area contributed by atoms with Crippen LogP contribution in [-0.2, 0) is 25.8 Å². The number of nitrogens with one attached hydrogen (secondary N) is 1. The molecule has 0 atom stereocenters. The Hall–Kier alpha value is -1.75. The Kier molecular flexibility index (Phi) is 6.71. The maximum absolute atomic E-state index is 8.66. The van der Waals surface area contributed by atoms with Crippen molar-refractivity contribution in [2.24, 2.45) is 0 Å². The fraction of sp³-hybridized carbons (Fsp3) is 0.250. The van der Waals surface area contributed by atoms with Crippen LogP contribution < -0.4 is 5.32 Å². The SMILES string of the molecule is OCCOCCNc1c[c-]nc2c(-c3ccccc3)cnn12.[W]. The Bertz CT molecular complexity index is 733. The Morgan fingerprint density at radius 1 is 1.22 bits per heavy atom. The van der Waals surface area contributed by atoms with E-state index in [4.69, 9.17) is 9.84 Å². The Balaban J connectivity index is 0.00000192. The molecule has 2 N–H and O–H groups in total. The molecule has 0 spiro atoms. The van der Waals surface area contributed by atoms with Gasteiger partial charge < -0.3 is 24.7 Å². The number of hydrogen-bond donors (Lipinski definition) is 2. The Labute approximate surface area is 148 Å². The molecule has 0 aliphatic heterocycles. The summed E-state index contributed by atoms with van der Waals surface area (Å²) in [7, 11) is 0. The van der Waals surface area contributed by atoms with E-state index in [-0.39, 0.29) is 27.7 Å². The third kappa shape index (κ3) is 4.16. The fourth-order valence-corrected chi connectivity index (χ4v) is 2.21. The van der Waals surface area contributed by atoms with Gasteiger partial charge in [-0.3, -0.25) is 0 Å². The van der Waals surface area contributed by atoms with Crippen LogP contribution in [0.2, 0.25) is 0 Å². The standard InChI is InChI=1S/C16H17N4O2.W/c21-9-11-22-10-8-17-15-6-7-18-16-14(12-19-20(15)16)13-4-2-1-3-5-13;/h1-6,12,17,21H,8-11H2;/q-1;. The first-order chi connectivity index (χ1) is 10.9. The average molecular weight is 481 g/mol. The van der Waals surface area contributed by atoms with Gasteiger partial charge in [0.05, 0.1) is 25.5 Å². The molecule has 0 aliphatic carbocycles. The number of rotatable bonds is 7. The largest absolute Gasteiger partial charge is 0.420 e. The van der Waals surface area contributed by atoms with Crippen LogP contribution in [0.5, 0.6) is 0 Å². The van der Waals surface area contributed by atoms with Crippen LogP contribution in [0.25, 0.3) is 16.8 Å². The molecule has 120 valence electrons. The van der Waals surface area contributed by atoms with E-state index < -0.39 is 0 Å². The molecule has 0 bridgehead atoms. The van der Waals surface area contributed by atoms with Crippen molar-refractivity contribution in [3.8, 4) is 11.1 Å². The minimum absolute atomic E-state index is 0. The van der Waals surface area contributed by atoms with Crippen molar-refractivity contribution in [1.82, 2.24) is 14.6 Å². The number of fused-ring (bicyclic) bond motifs is 1. The maximum Gasteiger partial charge on any atom is 0.0698 e. The van der Waals surface area contributed by atoms with E-state index in [0.29, 0.717) is 19.8 Å². The number of aromatic nitrogens is 3. The minimum atomic E-state index is 0. The van der Waals surface area contributed by atoms with E-state index in [1.54, 1.807) is 16.8 Å². The average Bonchev–Trinajstić information content (AvgIpc) is 3.00. The van der Waals surface area contributed by atoms with Crippen LogP contribution in [0.4, 0.5) is 5.82 Å². The number of anilines is 1. The summed E-state index contributed by atoms with van der Waals surface area (Å²) in [5, 5.41) is 16.3. The van der Waals surface area contributed by atoms with Crippen LogP contribution >= 0.6 is 0 Å². The monoisotopic (exact) mass is 481 g/mol. The van der Waals surface area contributed by atoms with E-state index in [0.717, 1.165) is 22.6 Å². The number of aliphatic hydroxyl groups is 1. The summed E-state index contributed by atoms with van der Waals surface area (Å²) < 4.78 is 6.98. The Morgan fingerprint density at radius 3 is 2.83 bits per heavy atom. The van der Waals surface area contributed by atoms with Crippen LogP contribution in [0, 0.1) is 6.20 Å². The molecule has 0 unspecified atom stereocenters. The molecular weight excluding hydrogens is 464 g/mol. The summed E-state index contributed by atoms with van der Waals surface area (Å²) in [5.74, 6) is 0.805. The second-order valence-corrected chi connectivity index (χ2v) is 4.69. The van der Waals surface area contributed by atoms with Crippen molar-refractivity contribution >= 4 is 11.5 Å². The third-order valence-electron chi connectivity index (χ3n) is 3.22. The van der Waals surface area contributed by atoms with Gasteiger partial charge in [-0.05, 0) is 11.1 Å². The molecule has 0 aliphatic rings. The number of nitrogens with zero attached hydrogens (tertiary/aromatic N) is 3. The molecule has 3 rings (SSSR count). The molecule has 23 heavy (non-hydrogen) atoms. The van der Waals surface area contributed by atoms with Crippen molar-refractivity contribution in [2.45, 2.75) is 0 Å². The summed E-state index contributed by atoms with van der Waals surface area (Å²) >= 11 is 0. The first kappa shape index (κ1) is 17.6. The number of benzene rings is 1. The van der Waals surface area contributed by atoms with Crippen LogP contribution in [0.3, 0.4) is 0 Å². The molecule has 2 heterocycles. The van der Waals surface area contributed by atoms with Crippen molar-refractivity contribution in [1.29, 1.82) is 0 Å². The van der Waals surface area contributed by atoms with Crippen molar-refractivity contribution in [3.63, 3.8) is 0 Å². The van der Waals surface area contributed by atoms with Gasteiger partial charge in [-0.25, -0.2) is 0 Å². The van der Waals surface area contributed by atoms with Gasteiger partial charge in [-0.1, -0.05) is 36.5 Å². The van der Waals surface area contributed by atoms with Crippen LogP contribution in [-0.4, -0.2) is 46.1 Å². The van der Waals surface area contributed by atoms with Crippen molar-refractivity contribution in [2.75, 3.05) is 31.7 Å². The first-order valence-corrected chi connectivity index (χ1v) is 7.13. The third-order valence-corrected chi connectivity index (χ3v) is 3.22. The minimum Gasteiger partial charge on any atom is -0.420 e. The van der Waals surface area contributed by atoms with Gasteiger partial charge in [0.25, 0.3) is 0 Å². The normalized spacial score (nSPS) is 10.5. The maximum atomic E-state index is 8.66. The van der Waals surface area contributed by atoms with Crippen molar-refractivity contribution < 1.29 is 30.9 Å². The predicted octanol–water partition coefficient (Wildman–Crippen LogP) is 1.61. The summed E-state index contributed by atoms with van der Waals surface area (Å²) in [6.07, 6.45) is 4.70. The quantitative estimate of drug-likeness (QED) is 0.397. The van der Waals surface area contributed by atoms with Crippen molar-refractivity contribution in [3.05, 3.63) is 48.8 Å². The van der Waals surface area contributed by atoms with E-state index >= 15 is 0 Å². The molecule has 6 nitrogen and oxygen atoms in total. The summed E-state index contributed by atoms with van der Waals surface area (Å²) in [6.45, 7) is 1.51. The number of hydrogen-bond acceptors (Lipinski definition) is 5. The van der Waals surface area contributed by atoms with E-state index in [2.05, 4.69) is 21.6 Å². The van der Waals surface area contributed by atoms with Gasteiger partial charge in [0.1, 0.15) is 0 Å². The summed E-state index contributed by atoms with van der Waals surface area (Å²) in [4.78, 5) is 4.31. The number of aliphatic hydroxyl groups excluding tert-OH is 1. The van der Waals surface area contributed by atoms with Gasteiger partial charge >= 0.3 is 0 Å². The first-order valence-electron chi connectivity index (χ1n) is 7.13. The van der Waals surface area contributed by atoms with Gasteiger partial charge in [0.15, 0.2) is 0 Å².